The van der Waals surface area contributed by atoms with Crippen LogP contribution in [0.2, 0.25) is 0 Å². The highest BCUT2D eigenvalue weighted by molar-refractivity contribution is 9.10. The topological polar surface area (TPSA) is 20.2 Å². The van der Waals surface area contributed by atoms with Crippen LogP contribution >= 0.6 is 15.9 Å². The molecule has 1 N–H and O–H groups in total. The molecule has 1 unspecified atom stereocenters. The molecule has 3 aromatic rings. The first kappa shape index (κ1) is 12.7. The predicted molar refractivity (Wildman–Crippen MR) is 88.6 cm³/mol. The van der Waals surface area contributed by atoms with Gasteiger partial charge in [-0.25, -0.2) is 0 Å². The van der Waals surface area contributed by atoms with Crippen LogP contribution in [-0.2, 0) is 0 Å². The molecule has 0 saturated heterocycles. The van der Waals surface area contributed by atoms with E-state index in [1.165, 1.54) is 16.7 Å². The van der Waals surface area contributed by atoms with Crippen LogP contribution in [-0.4, -0.2) is 5.11 Å². The second-order valence-electron chi connectivity index (χ2n) is 5.28. The lowest BCUT2D eigenvalue weighted by Crippen LogP contribution is -2.00. The van der Waals surface area contributed by atoms with Crippen molar-refractivity contribution in [2.75, 3.05) is 0 Å². The normalized spacial score (nSPS) is 15.6. The Balaban J connectivity index is 2.07. The zero-order valence-corrected chi connectivity index (χ0v) is 12.8. The van der Waals surface area contributed by atoms with Crippen molar-refractivity contribution in [2.24, 2.45) is 0 Å². The molecular formula is C19H13BrO. The first-order valence-corrected chi connectivity index (χ1v) is 7.72. The van der Waals surface area contributed by atoms with E-state index in [9.17, 15) is 5.11 Å². The first-order chi connectivity index (χ1) is 10.3. The Morgan fingerprint density at radius 1 is 0.714 bits per heavy atom. The first-order valence-electron chi connectivity index (χ1n) is 6.93. The SMILES string of the molecule is Oc1cccc2c1C(c1ccccc1Br)c1ccccc1-2. The quantitative estimate of drug-likeness (QED) is 0.499. The predicted octanol–water partition coefficient (Wildman–Crippen LogP) is 5.32. The Labute approximate surface area is 132 Å². The molecule has 0 heterocycles. The van der Waals surface area contributed by atoms with Crippen molar-refractivity contribution < 1.29 is 5.11 Å². The van der Waals surface area contributed by atoms with Crippen LogP contribution < -0.4 is 0 Å². The van der Waals surface area contributed by atoms with Crippen molar-refractivity contribution in [1.82, 2.24) is 0 Å². The number of aromatic hydroxyl groups is 1. The minimum atomic E-state index is 0.0768. The van der Waals surface area contributed by atoms with Gasteiger partial charge in [0.15, 0.2) is 0 Å². The van der Waals surface area contributed by atoms with E-state index in [1.807, 2.05) is 18.2 Å². The third kappa shape index (κ3) is 1.83. The van der Waals surface area contributed by atoms with Gasteiger partial charge in [-0.3, -0.25) is 0 Å². The van der Waals surface area contributed by atoms with Gasteiger partial charge >= 0.3 is 0 Å². The summed E-state index contributed by atoms with van der Waals surface area (Å²) >= 11 is 3.65. The molecule has 0 radical (unpaired) electrons. The number of benzene rings is 3. The molecule has 1 aliphatic carbocycles. The number of rotatable bonds is 1. The summed E-state index contributed by atoms with van der Waals surface area (Å²) in [5.74, 6) is 0.442. The summed E-state index contributed by atoms with van der Waals surface area (Å²) in [4.78, 5) is 0. The summed E-state index contributed by atoms with van der Waals surface area (Å²) in [5.41, 5.74) is 5.78. The lowest BCUT2D eigenvalue weighted by molar-refractivity contribution is 0.468. The van der Waals surface area contributed by atoms with Crippen molar-refractivity contribution in [2.45, 2.75) is 5.92 Å². The van der Waals surface area contributed by atoms with Crippen molar-refractivity contribution in [3.05, 3.63) is 87.9 Å². The van der Waals surface area contributed by atoms with Crippen molar-refractivity contribution in [1.29, 1.82) is 0 Å². The fourth-order valence-electron chi connectivity index (χ4n) is 3.27. The molecule has 21 heavy (non-hydrogen) atoms. The van der Waals surface area contributed by atoms with Gasteiger partial charge in [-0.1, -0.05) is 70.5 Å². The van der Waals surface area contributed by atoms with Gasteiger partial charge < -0.3 is 5.11 Å². The number of hydrogen-bond acceptors (Lipinski definition) is 1. The third-order valence-electron chi connectivity index (χ3n) is 4.15. The molecular weight excluding hydrogens is 324 g/mol. The second kappa shape index (κ2) is 4.74. The maximum atomic E-state index is 10.4. The van der Waals surface area contributed by atoms with Crippen molar-refractivity contribution in [3.8, 4) is 16.9 Å². The number of halogens is 1. The molecule has 2 heteroatoms. The molecule has 1 aliphatic rings. The smallest absolute Gasteiger partial charge is 0.120 e. The summed E-state index contributed by atoms with van der Waals surface area (Å²) in [6.07, 6.45) is 0. The maximum absolute atomic E-state index is 10.4. The summed E-state index contributed by atoms with van der Waals surface area (Å²) in [6, 6.07) is 22.4. The molecule has 4 rings (SSSR count). The molecule has 0 amide bonds. The molecule has 0 fully saturated rings. The van der Waals surface area contributed by atoms with Crippen LogP contribution in [0.1, 0.15) is 22.6 Å². The summed E-state index contributed by atoms with van der Waals surface area (Å²) in [6.45, 7) is 0. The van der Waals surface area contributed by atoms with Gasteiger partial charge in [0, 0.05) is 16.0 Å². The Morgan fingerprint density at radius 2 is 1.38 bits per heavy atom. The van der Waals surface area contributed by atoms with Gasteiger partial charge in [-0.2, -0.15) is 0 Å². The van der Waals surface area contributed by atoms with Crippen LogP contribution in [0.25, 0.3) is 11.1 Å². The minimum absolute atomic E-state index is 0.0768. The average Bonchev–Trinajstić information content (AvgIpc) is 2.84. The molecule has 0 spiro atoms. The highest BCUT2D eigenvalue weighted by Crippen LogP contribution is 2.52. The molecule has 102 valence electrons. The molecule has 0 aliphatic heterocycles. The van der Waals surface area contributed by atoms with Crippen LogP contribution in [0.5, 0.6) is 5.75 Å². The molecule has 3 aromatic carbocycles. The van der Waals surface area contributed by atoms with Gasteiger partial charge in [0.25, 0.3) is 0 Å². The lowest BCUT2D eigenvalue weighted by Gasteiger charge is -2.16. The van der Waals surface area contributed by atoms with Gasteiger partial charge in [-0.05, 0) is 34.4 Å². The second-order valence-corrected chi connectivity index (χ2v) is 6.13. The Hall–Kier alpha value is -2.06. The van der Waals surface area contributed by atoms with Gasteiger partial charge in [-0.15, -0.1) is 0 Å². The Morgan fingerprint density at radius 3 is 2.19 bits per heavy atom. The summed E-state index contributed by atoms with van der Waals surface area (Å²) in [5, 5.41) is 10.4. The van der Waals surface area contributed by atoms with Crippen molar-refractivity contribution >= 4 is 15.9 Å². The lowest BCUT2D eigenvalue weighted by atomic mass is 9.89. The molecule has 0 saturated carbocycles. The van der Waals surface area contributed by atoms with E-state index in [1.54, 1.807) is 6.07 Å². The number of hydrogen-bond donors (Lipinski definition) is 1. The largest absolute Gasteiger partial charge is 0.508 e. The minimum Gasteiger partial charge on any atom is -0.508 e. The third-order valence-corrected chi connectivity index (χ3v) is 4.87. The van der Waals surface area contributed by atoms with E-state index >= 15 is 0 Å². The highest BCUT2D eigenvalue weighted by atomic mass is 79.9. The monoisotopic (exact) mass is 336 g/mol. The van der Waals surface area contributed by atoms with E-state index in [4.69, 9.17) is 0 Å². The summed E-state index contributed by atoms with van der Waals surface area (Å²) < 4.78 is 1.07. The fourth-order valence-corrected chi connectivity index (χ4v) is 3.79. The van der Waals surface area contributed by atoms with Crippen LogP contribution in [0.15, 0.2) is 71.2 Å². The number of phenolic OH excluding ortho intramolecular Hbond substituents is 1. The fraction of sp³-hybridized carbons (Fsp3) is 0.0526. The van der Waals surface area contributed by atoms with Gasteiger partial charge in [0.05, 0.1) is 0 Å². The molecule has 0 aromatic heterocycles. The standard InChI is InChI=1S/C19H13BrO/c20-16-10-4-3-8-15(16)18-13-7-2-1-6-12(13)14-9-5-11-17(21)19(14)18/h1-11,18,21H. The van der Waals surface area contributed by atoms with Crippen molar-refractivity contribution in [3.63, 3.8) is 0 Å². The van der Waals surface area contributed by atoms with E-state index in [0.29, 0.717) is 5.75 Å². The van der Waals surface area contributed by atoms with Crippen LogP contribution in [0.3, 0.4) is 0 Å². The Bertz CT molecular complexity index is 838. The van der Waals surface area contributed by atoms with Crippen LogP contribution in [0.4, 0.5) is 0 Å². The van der Waals surface area contributed by atoms with E-state index in [0.717, 1.165) is 15.6 Å². The molecule has 1 nitrogen and oxygen atoms in total. The number of phenols is 1. The average molecular weight is 337 g/mol. The highest BCUT2D eigenvalue weighted by Gasteiger charge is 2.32. The molecule has 1 atom stereocenters. The summed E-state index contributed by atoms with van der Waals surface area (Å²) in [7, 11) is 0. The van der Waals surface area contributed by atoms with Crippen LogP contribution in [0, 0.1) is 0 Å². The van der Waals surface area contributed by atoms with E-state index in [-0.39, 0.29) is 5.92 Å². The zero-order valence-electron chi connectivity index (χ0n) is 11.3. The number of fused-ring (bicyclic) bond motifs is 3. The molecule has 0 bridgehead atoms. The maximum Gasteiger partial charge on any atom is 0.120 e. The van der Waals surface area contributed by atoms with Gasteiger partial charge in [0.2, 0.25) is 0 Å². The zero-order chi connectivity index (χ0) is 14.4. The van der Waals surface area contributed by atoms with E-state index in [2.05, 4.69) is 58.4 Å². The van der Waals surface area contributed by atoms with E-state index < -0.39 is 0 Å². The van der Waals surface area contributed by atoms with Gasteiger partial charge in [0.1, 0.15) is 5.75 Å². The Kier molecular flexibility index (Phi) is 2.86.